The van der Waals surface area contributed by atoms with Gasteiger partial charge >= 0.3 is 0 Å². The van der Waals surface area contributed by atoms with Gasteiger partial charge in [-0.3, -0.25) is 15.4 Å². The summed E-state index contributed by atoms with van der Waals surface area (Å²) in [5.74, 6) is 0.122. The number of fused-ring (bicyclic) bond motifs is 1. The highest BCUT2D eigenvalue weighted by Crippen LogP contribution is 2.33. The van der Waals surface area contributed by atoms with Gasteiger partial charge in [-0.2, -0.15) is 4.98 Å². The zero-order chi connectivity index (χ0) is 18.1. The highest BCUT2D eigenvalue weighted by molar-refractivity contribution is 5.93. The molecule has 1 aliphatic rings. The average Bonchev–Trinajstić information content (AvgIpc) is 2.60. The van der Waals surface area contributed by atoms with E-state index in [0.29, 0.717) is 23.3 Å². The molecule has 0 atom stereocenters. The molecule has 0 aliphatic carbocycles. The molecule has 2 aromatic rings. The van der Waals surface area contributed by atoms with Crippen molar-refractivity contribution in [3.05, 3.63) is 65.7 Å². The van der Waals surface area contributed by atoms with E-state index in [0.717, 1.165) is 36.0 Å². The first-order valence-corrected chi connectivity index (χ1v) is 8.04. The van der Waals surface area contributed by atoms with Crippen LogP contribution in [0.4, 0.5) is 10.2 Å². The Bertz CT molecular complexity index is 983. The van der Waals surface area contributed by atoms with Crippen LogP contribution in [0.5, 0.6) is 0 Å². The van der Waals surface area contributed by atoms with Gasteiger partial charge in [0.15, 0.2) is 0 Å². The minimum absolute atomic E-state index is 0.0741. The van der Waals surface area contributed by atoms with Crippen LogP contribution in [-0.4, -0.2) is 22.4 Å². The monoisotopic (exact) mass is 337 g/mol. The molecule has 128 valence electrons. The summed E-state index contributed by atoms with van der Waals surface area (Å²) >= 11 is 0. The maximum atomic E-state index is 13.9. The molecule has 1 aromatic heterocycles. The van der Waals surface area contributed by atoms with E-state index in [1.807, 2.05) is 11.8 Å². The number of benzene rings is 1. The molecule has 3 rings (SSSR count). The van der Waals surface area contributed by atoms with Crippen LogP contribution in [0.25, 0.3) is 10.9 Å². The van der Waals surface area contributed by atoms with Crippen molar-refractivity contribution >= 4 is 23.1 Å². The molecule has 0 saturated carbocycles. The maximum absolute atomic E-state index is 13.9. The molecule has 1 aromatic carbocycles. The van der Waals surface area contributed by atoms with Gasteiger partial charge < -0.3 is 4.90 Å². The average molecular weight is 337 g/mol. The standard InChI is InChI=1S/C19H20FN5/c1-4-16-14(12(2)3)6-5-9-24(16)18-15-10-13(20)7-8-17(15)25(11-21)19(22)23-18/h4,7-8,10-11,21-22H,1-2,5-6,9H2,3H3. The first-order valence-electron chi connectivity index (χ1n) is 8.04. The van der Waals surface area contributed by atoms with E-state index < -0.39 is 0 Å². The zero-order valence-electron chi connectivity index (χ0n) is 14.1. The molecule has 25 heavy (non-hydrogen) atoms. The first-order chi connectivity index (χ1) is 12.0. The summed E-state index contributed by atoms with van der Waals surface area (Å²) in [5.41, 5.74) is 3.45. The Morgan fingerprint density at radius 1 is 1.40 bits per heavy atom. The summed E-state index contributed by atoms with van der Waals surface area (Å²) in [5, 5.41) is 16.2. The van der Waals surface area contributed by atoms with E-state index in [-0.39, 0.29) is 11.4 Å². The zero-order valence-corrected chi connectivity index (χ0v) is 14.1. The molecule has 2 N–H and O–H groups in total. The molecule has 1 aliphatic heterocycles. The van der Waals surface area contributed by atoms with Crippen LogP contribution in [0.2, 0.25) is 0 Å². The van der Waals surface area contributed by atoms with Crippen LogP contribution in [0, 0.1) is 16.6 Å². The second-order valence-electron chi connectivity index (χ2n) is 6.02. The number of nitrogens with one attached hydrogen (secondary N) is 2. The smallest absolute Gasteiger partial charge is 0.229 e. The van der Waals surface area contributed by atoms with Gasteiger partial charge in [0, 0.05) is 17.6 Å². The van der Waals surface area contributed by atoms with Gasteiger partial charge in [-0.05, 0) is 49.6 Å². The highest BCUT2D eigenvalue weighted by atomic mass is 19.1. The van der Waals surface area contributed by atoms with Crippen molar-refractivity contribution in [3.8, 4) is 0 Å². The number of allylic oxidation sites excluding steroid dienone is 3. The van der Waals surface area contributed by atoms with Gasteiger partial charge in [-0.1, -0.05) is 18.7 Å². The van der Waals surface area contributed by atoms with Crippen molar-refractivity contribution in [2.24, 2.45) is 0 Å². The third-order valence-corrected chi connectivity index (χ3v) is 4.40. The van der Waals surface area contributed by atoms with Crippen molar-refractivity contribution < 1.29 is 4.39 Å². The number of aromatic nitrogens is 2. The molecule has 6 heteroatoms. The summed E-state index contributed by atoms with van der Waals surface area (Å²) in [4.78, 5) is 6.32. The maximum Gasteiger partial charge on any atom is 0.229 e. The largest absolute Gasteiger partial charge is 0.325 e. The summed E-state index contributed by atoms with van der Waals surface area (Å²) in [6, 6.07) is 4.29. The molecule has 0 bridgehead atoms. The predicted octanol–water partition coefficient (Wildman–Crippen LogP) is 3.73. The molecule has 0 fully saturated rings. The Morgan fingerprint density at radius 3 is 2.80 bits per heavy atom. The highest BCUT2D eigenvalue weighted by Gasteiger charge is 2.23. The molecule has 0 radical (unpaired) electrons. The normalized spacial score (nSPS) is 14.7. The van der Waals surface area contributed by atoms with E-state index in [1.54, 1.807) is 12.1 Å². The van der Waals surface area contributed by atoms with E-state index >= 15 is 0 Å². The molecule has 0 saturated heterocycles. The lowest BCUT2D eigenvalue weighted by atomic mass is 9.96. The summed E-state index contributed by atoms with van der Waals surface area (Å²) < 4.78 is 15.2. The minimum atomic E-state index is -0.383. The van der Waals surface area contributed by atoms with Gasteiger partial charge in [0.05, 0.1) is 11.9 Å². The van der Waals surface area contributed by atoms with Crippen molar-refractivity contribution in [3.63, 3.8) is 0 Å². The lowest BCUT2D eigenvalue weighted by molar-refractivity contribution is 0.629. The Balaban J connectivity index is 2.35. The van der Waals surface area contributed by atoms with Crippen LogP contribution in [0.15, 0.2) is 54.3 Å². The lowest BCUT2D eigenvalue weighted by Crippen LogP contribution is -2.33. The fraction of sp³-hybridized carbons (Fsp3) is 0.211. The Kier molecular flexibility index (Phi) is 4.35. The van der Waals surface area contributed by atoms with Crippen molar-refractivity contribution in [2.75, 3.05) is 11.4 Å². The van der Waals surface area contributed by atoms with E-state index in [1.165, 1.54) is 16.7 Å². The third-order valence-electron chi connectivity index (χ3n) is 4.40. The fourth-order valence-corrected chi connectivity index (χ4v) is 3.27. The van der Waals surface area contributed by atoms with Gasteiger partial charge in [0.1, 0.15) is 11.6 Å². The van der Waals surface area contributed by atoms with Crippen LogP contribution in [0.3, 0.4) is 0 Å². The van der Waals surface area contributed by atoms with Crippen LogP contribution >= 0.6 is 0 Å². The molecular formula is C19H20FN5. The van der Waals surface area contributed by atoms with E-state index in [2.05, 4.69) is 18.1 Å². The Morgan fingerprint density at radius 2 is 2.16 bits per heavy atom. The van der Waals surface area contributed by atoms with E-state index in [4.69, 9.17) is 10.8 Å². The number of rotatable bonds is 4. The second-order valence-corrected chi connectivity index (χ2v) is 6.02. The van der Waals surface area contributed by atoms with E-state index in [9.17, 15) is 4.39 Å². The number of hydrogen-bond acceptors (Lipinski definition) is 4. The quantitative estimate of drug-likeness (QED) is 0.659. The summed E-state index contributed by atoms with van der Waals surface area (Å²) in [6.07, 6.45) is 4.59. The summed E-state index contributed by atoms with van der Waals surface area (Å²) in [6.45, 7) is 10.6. The van der Waals surface area contributed by atoms with Gasteiger partial charge in [0.2, 0.25) is 5.62 Å². The van der Waals surface area contributed by atoms with Gasteiger partial charge in [-0.25, -0.2) is 4.39 Å². The van der Waals surface area contributed by atoms with Crippen LogP contribution < -0.4 is 10.5 Å². The van der Waals surface area contributed by atoms with Crippen molar-refractivity contribution in [1.82, 2.24) is 9.55 Å². The Hall–Kier alpha value is -3.02. The number of nitrogens with zero attached hydrogens (tertiary/aromatic N) is 3. The molecule has 2 heterocycles. The SMILES string of the molecule is C=CC1=C(C(=C)C)CCCN1c1nc(=N)n(C=N)c2ccc(F)cc12. The van der Waals surface area contributed by atoms with Crippen molar-refractivity contribution in [2.45, 2.75) is 19.8 Å². The fourth-order valence-electron chi connectivity index (χ4n) is 3.27. The summed E-state index contributed by atoms with van der Waals surface area (Å²) in [7, 11) is 0. The third kappa shape index (κ3) is 2.80. The van der Waals surface area contributed by atoms with Gasteiger partial charge in [0.25, 0.3) is 0 Å². The van der Waals surface area contributed by atoms with Gasteiger partial charge in [-0.15, -0.1) is 0 Å². The molecule has 0 amide bonds. The second kappa shape index (κ2) is 6.47. The molecule has 0 spiro atoms. The molecule has 5 nitrogen and oxygen atoms in total. The molecule has 0 unspecified atom stereocenters. The predicted molar refractivity (Wildman–Crippen MR) is 98.3 cm³/mol. The van der Waals surface area contributed by atoms with Crippen molar-refractivity contribution in [1.29, 1.82) is 10.8 Å². The lowest BCUT2D eigenvalue weighted by Gasteiger charge is -2.32. The number of hydrogen-bond donors (Lipinski definition) is 2. The number of anilines is 1. The molecular weight excluding hydrogens is 317 g/mol. The first kappa shape index (κ1) is 16.8. The van der Waals surface area contributed by atoms with Crippen LogP contribution in [0.1, 0.15) is 19.8 Å². The minimum Gasteiger partial charge on any atom is -0.325 e. The Labute approximate surface area is 145 Å². The number of halogens is 1. The van der Waals surface area contributed by atoms with Crippen LogP contribution in [-0.2, 0) is 0 Å². The topological polar surface area (TPSA) is 68.8 Å².